The Bertz CT molecular complexity index is 1170. The van der Waals surface area contributed by atoms with Crippen LogP contribution in [0.1, 0.15) is 43.2 Å². The first-order valence-electron chi connectivity index (χ1n) is 9.99. The molecule has 2 atom stereocenters. The molecule has 2 N–H and O–H groups in total. The van der Waals surface area contributed by atoms with Gasteiger partial charge >= 0.3 is 0 Å². The van der Waals surface area contributed by atoms with Crippen molar-refractivity contribution >= 4 is 38.7 Å². The third-order valence-corrected chi connectivity index (χ3v) is 6.14. The summed E-state index contributed by atoms with van der Waals surface area (Å²) in [5.41, 5.74) is 3.41. The molecule has 3 aromatic rings. The molecule has 0 saturated carbocycles. The molecule has 0 amide bonds. The molecule has 2 unspecified atom stereocenters. The van der Waals surface area contributed by atoms with Crippen LogP contribution in [0.4, 0.5) is 11.4 Å². The fraction of sp³-hybridized carbons (Fsp3) is 0.273. The highest BCUT2D eigenvalue weighted by atomic mass is 32.2. The summed E-state index contributed by atoms with van der Waals surface area (Å²) >= 11 is 5.72. The second kappa shape index (κ2) is 8.32. The van der Waals surface area contributed by atoms with Gasteiger partial charge in [-0.05, 0) is 74.1 Å². The lowest BCUT2D eigenvalue weighted by Crippen LogP contribution is -2.29. The number of nitrogens with one attached hydrogen (secondary N) is 2. The Hall–Kier alpha value is -2.91. The van der Waals surface area contributed by atoms with E-state index in [4.69, 9.17) is 12.2 Å². The van der Waals surface area contributed by atoms with E-state index in [1.807, 2.05) is 30.3 Å². The molecule has 1 saturated heterocycles. The number of thiocarbonyl (C=S) groups is 1. The van der Waals surface area contributed by atoms with E-state index in [2.05, 4.69) is 56.8 Å². The first-order chi connectivity index (χ1) is 14.7. The van der Waals surface area contributed by atoms with Crippen molar-refractivity contribution in [1.29, 1.82) is 0 Å². The van der Waals surface area contributed by atoms with Crippen LogP contribution in [0.5, 0.6) is 0 Å². The summed E-state index contributed by atoms with van der Waals surface area (Å²) < 4.78 is 27.7. The molecule has 2 aromatic heterocycles. The van der Waals surface area contributed by atoms with E-state index in [1.165, 1.54) is 0 Å². The Labute approximate surface area is 188 Å². The lowest BCUT2D eigenvalue weighted by molar-refractivity contribution is 0.560. The average molecular weight is 456 g/mol. The highest BCUT2D eigenvalue weighted by Gasteiger charge is 2.41. The molecule has 4 rings (SSSR count). The highest BCUT2D eigenvalue weighted by Crippen LogP contribution is 2.42. The van der Waals surface area contributed by atoms with Crippen molar-refractivity contribution in [3.8, 4) is 0 Å². The fourth-order valence-corrected chi connectivity index (χ4v) is 4.71. The largest absolute Gasteiger partial charge is 0.351 e. The standard InChI is InChI=1S/C22H25N5O2S2/c1-15(2)26-13-11-16(14-26)21-20(19-6-4-5-12-23-19)24-22(30)27(21)18-9-7-17(8-10-18)25-31(3,28)29/h4-15,20-21,25H,1-3H3,(H,24,30). The molecule has 1 aromatic carbocycles. The summed E-state index contributed by atoms with van der Waals surface area (Å²) in [5, 5.41) is 4.03. The molecular weight excluding hydrogens is 430 g/mol. The minimum absolute atomic E-state index is 0.101. The predicted molar refractivity (Wildman–Crippen MR) is 128 cm³/mol. The van der Waals surface area contributed by atoms with Gasteiger partial charge in [-0.2, -0.15) is 0 Å². The van der Waals surface area contributed by atoms with Crippen LogP contribution in [0.3, 0.4) is 0 Å². The van der Waals surface area contributed by atoms with E-state index >= 15 is 0 Å². The van der Waals surface area contributed by atoms with Crippen LogP contribution in [0.25, 0.3) is 0 Å². The summed E-state index contributed by atoms with van der Waals surface area (Å²) in [7, 11) is -3.34. The lowest BCUT2D eigenvalue weighted by Gasteiger charge is -2.27. The van der Waals surface area contributed by atoms with Gasteiger partial charge in [0.1, 0.15) is 0 Å². The second-order valence-electron chi connectivity index (χ2n) is 7.90. The fourth-order valence-electron chi connectivity index (χ4n) is 3.80. The Morgan fingerprint density at radius 1 is 1.13 bits per heavy atom. The van der Waals surface area contributed by atoms with Crippen LogP contribution in [0, 0.1) is 0 Å². The van der Waals surface area contributed by atoms with Gasteiger partial charge in [0.05, 0.1) is 24.0 Å². The van der Waals surface area contributed by atoms with Crippen LogP contribution in [0.2, 0.25) is 0 Å². The number of hydrogen-bond acceptors (Lipinski definition) is 4. The van der Waals surface area contributed by atoms with Crippen molar-refractivity contribution in [1.82, 2.24) is 14.9 Å². The summed E-state index contributed by atoms with van der Waals surface area (Å²) in [5.74, 6) is 0. The average Bonchev–Trinajstić information content (AvgIpc) is 3.33. The van der Waals surface area contributed by atoms with Gasteiger partial charge in [-0.1, -0.05) is 6.07 Å². The monoisotopic (exact) mass is 455 g/mol. The highest BCUT2D eigenvalue weighted by molar-refractivity contribution is 7.92. The molecule has 3 heterocycles. The summed E-state index contributed by atoms with van der Waals surface area (Å²) in [6.45, 7) is 4.28. The van der Waals surface area contributed by atoms with Gasteiger partial charge < -0.3 is 14.8 Å². The summed E-state index contributed by atoms with van der Waals surface area (Å²) in [6.07, 6.45) is 7.14. The molecule has 1 aliphatic heterocycles. The Morgan fingerprint density at radius 2 is 1.87 bits per heavy atom. The number of hydrogen-bond donors (Lipinski definition) is 2. The summed E-state index contributed by atoms with van der Waals surface area (Å²) in [6, 6.07) is 15.3. The molecule has 31 heavy (non-hydrogen) atoms. The normalized spacial score (nSPS) is 19.0. The maximum atomic E-state index is 11.5. The van der Waals surface area contributed by atoms with Crippen molar-refractivity contribution < 1.29 is 8.42 Å². The molecular formula is C22H25N5O2S2. The summed E-state index contributed by atoms with van der Waals surface area (Å²) in [4.78, 5) is 6.63. The van der Waals surface area contributed by atoms with E-state index < -0.39 is 10.0 Å². The van der Waals surface area contributed by atoms with Gasteiger partial charge in [0.2, 0.25) is 10.0 Å². The first-order valence-corrected chi connectivity index (χ1v) is 12.3. The zero-order chi connectivity index (χ0) is 22.2. The van der Waals surface area contributed by atoms with Crippen molar-refractivity contribution in [2.45, 2.75) is 32.0 Å². The molecule has 9 heteroatoms. The quantitative estimate of drug-likeness (QED) is 0.547. The van der Waals surface area contributed by atoms with Crippen LogP contribution < -0.4 is 14.9 Å². The molecule has 162 valence electrons. The first kappa shape index (κ1) is 21.3. The molecule has 0 spiro atoms. The smallest absolute Gasteiger partial charge is 0.229 e. The van der Waals surface area contributed by atoms with Gasteiger partial charge in [0.15, 0.2) is 5.11 Å². The minimum atomic E-state index is -3.34. The van der Waals surface area contributed by atoms with Crippen LogP contribution in [0.15, 0.2) is 67.1 Å². The Morgan fingerprint density at radius 3 is 2.45 bits per heavy atom. The molecule has 1 aliphatic rings. The van der Waals surface area contributed by atoms with Crippen LogP contribution in [-0.2, 0) is 10.0 Å². The van der Waals surface area contributed by atoms with Crippen molar-refractivity contribution in [2.75, 3.05) is 15.9 Å². The second-order valence-corrected chi connectivity index (χ2v) is 10.0. The van der Waals surface area contributed by atoms with E-state index in [9.17, 15) is 8.42 Å². The third-order valence-electron chi connectivity index (χ3n) is 5.22. The number of aromatic nitrogens is 2. The number of rotatable bonds is 6. The minimum Gasteiger partial charge on any atom is -0.351 e. The van der Waals surface area contributed by atoms with Crippen LogP contribution >= 0.6 is 12.2 Å². The third kappa shape index (κ3) is 4.57. The number of benzene rings is 1. The zero-order valence-electron chi connectivity index (χ0n) is 17.6. The topological polar surface area (TPSA) is 79.3 Å². The Kier molecular flexibility index (Phi) is 5.72. The number of nitrogens with zero attached hydrogens (tertiary/aromatic N) is 3. The molecule has 0 radical (unpaired) electrons. The molecule has 0 aliphatic carbocycles. The van der Waals surface area contributed by atoms with E-state index in [-0.39, 0.29) is 12.1 Å². The van der Waals surface area contributed by atoms with Crippen LogP contribution in [-0.4, -0.2) is 29.3 Å². The van der Waals surface area contributed by atoms with Gasteiger partial charge in [-0.25, -0.2) is 8.42 Å². The maximum Gasteiger partial charge on any atom is 0.229 e. The lowest BCUT2D eigenvalue weighted by atomic mass is 9.98. The van der Waals surface area contributed by atoms with Gasteiger partial charge in [-0.15, -0.1) is 0 Å². The zero-order valence-corrected chi connectivity index (χ0v) is 19.2. The van der Waals surface area contributed by atoms with E-state index in [0.29, 0.717) is 16.8 Å². The number of pyridine rings is 1. The molecule has 7 nitrogen and oxygen atoms in total. The van der Waals surface area contributed by atoms with Gasteiger partial charge in [0.25, 0.3) is 0 Å². The predicted octanol–water partition coefficient (Wildman–Crippen LogP) is 4.01. The van der Waals surface area contributed by atoms with Gasteiger partial charge in [-0.3, -0.25) is 9.71 Å². The molecule has 1 fully saturated rings. The van der Waals surface area contributed by atoms with Crippen molar-refractivity contribution in [3.05, 3.63) is 78.4 Å². The Balaban J connectivity index is 1.74. The van der Waals surface area contributed by atoms with Gasteiger partial charge in [0, 0.05) is 36.0 Å². The maximum absolute atomic E-state index is 11.5. The van der Waals surface area contributed by atoms with E-state index in [1.54, 1.807) is 18.3 Å². The number of sulfonamides is 1. The van der Waals surface area contributed by atoms with Crippen molar-refractivity contribution in [3.63, 3.8) is 0 Å². The van der Waals surface area contributed by atoms with Crippen molar-refractivity contribution in [2.24, 2.45) is 0 Å². The number of anilines is 2. The SMILES string of the molecule is CC(C)n1ccc(C2C(c3ccccn3)NC(=S)N2c2ccc(NS(C)(=O)=O)cc2)c1. The van der Waals surface area contributed by atoms with E-state index in [0.717, 1.165) is 23.2 Å². The molecule has 0 bridgehead atoms.